The molecule has 4 unspecified atom stereocenters. The second-order valence-corrected chi connectivity index (χ2v) is 18.5. The van der Waals surface area contributed by atoms with Crippen LogP contribution in [-0.2, 0) is 19.1 Å². The first-order valence-corrected chi connectivity index (χ1v) is 22.6. The van der Waals surface area contributed by atoms with E-state index in [2.05, 4.69) is 10.8 Å². The van der Waals surface area contributed by atoms with Crippen molar-refractivity contribution in [1.29, 1.82) is 0 Å². The molecule has 2 bridgehead atoms. The minimum Gasteiger partial charge on any atom is -0.453 e. The van der Waals surface area contributed by atoms with Crippen LogP contribution in [-0.4, -0.2) is 51.6 Å². The first-order chi connectivity index (χ1) is 32.2. The Bertz CT molecular complexity index is 2860. The quantitative estimate of drug-likeness (QED) is 0.0844. The van der Waals surface area contributed by atoms with Crippen molar-refractivity contribution in [3.8, 4) is 22.8 Å². The van der Waals surface area contributed by atoms with Crippen LogP contribution in [0, 0.1) is 5.41 Å². The fourth-order valence-electron chi connectivity index (χ4n) is 9.74. The van der Waals surface area contributed by atoms with Gasteiger partial charge in [0.2, 0.25) is 5.78 Å². The number of hydrogen-bond acceptors (Lipinski definition) is 7. The Hall–Kier alpha value is -6.09. The average Bonchev–Trinajstić information content (AvgIpc) is 3.87. The van der Waals surface area contributed by atoms with Gasteiger partial charge in [-0.05, 0) is 146 Å². The lowest BCUT2D eigenvalue weighted by molar-refractivity contribution is -0.274. The number of aliphatic hydroxyl groups excluding tert-OH is 1. The van der Waals surface area contributed by atoms with E-state index in [0.717, 1.165) is 46.7 Å². The number of nitrogens with zero attached hydrogens (tertiary/aromatic N) is 1. The van der Waals surface area contributed by atoms with Gasteiger partial charge in [0.1, 0.15) is 17.3 Å². The van der Waals surface area contributed by atoms with Gasteiger partial charge in [0, 0.05) is 23.1 Å². The smallest absolute Gasteiger partial charge is 0.453 e. The van der Waals surface area contributed by atoms with Crippen LogP contribution in [0.5, 0.6) is 11.5 Å². The SMILES string of the molecule is CC1=CCCC2(C)C(CCC2(O)CN(Cc2ccc(OC(F)(F)F)cc2)C(=O)Oc2ccc3ccccc3c2)c2ccc(cc2C(=O)c2ccc(-c3cc(C(F)(F)F)ccc3Cl)o2)CC(O)CC1. The first-order valence-electron chi connectivity index (χ1n) is 22.2. The molecule has 8 nitrogen and oxygen atoms in total. The fourth-order valence-corrected chi connectivity index (χ4v) is 9.95. The molecule has 5 aromatic carbocycles. The predicted octanol–water partition coefficient (Wildman–Crippen LogP) is 13.6. The molecule has 1 aromatic heterocycles. The Balaban J connectivity index is 1.17. The molecule has 0 spiro atoms. The van der Waals surface area contributed by atoms with E-state index in [0.29, 0.717) is 48.8 Å². The Morgan fingerprint density at radius 3 is 2.32 bits per heavy atom. The van der Waals surface area contributed by atoms with E-state index in [4.69, 9.17) is 20.8 Å². The third kappa shape index (κ3) is 10.6. The van der Waals surface area contributed by atoms with Gasteiger partial charge in [-0.25, -0.2) is 4.79 Å². The molecular formula is C53H48ClF6NO7. The van der Waals surface area contributed by atoms with Crippen LogP contribution in [0.25, 0.3) is 22.1 Å². The zero-order chi connectivity index (χ0) is 48.6. The maximum Gasteiger partial charge on any atom is 0.573 e. The number of rotatable bonds is 9. The summed E-state index contributed by atoms with van der Waals surface area (Å²) >= 11 is 6.35. The maximum atomic E-state index is 14.8. The molecule has 1 heterocycles. The number of ketones is 1. The lowest BCUT2D eigenvalue weighted by Gasteiger charge is -2.46. The van der Waals surface area contributed by atoms with Crippen LogP contribution in [0.1, 0.15) is 96.7 Å². The van der Waals surface area contributed by atoms with Crippen LogP contribution in [0.15, 0.2) is 131 Å². The van der Waals surface area contributed by atoms with Gasteiger partial charge in [0.15, 0.2) is 5.76 Å². The van der Waals surface area contributed by atoms with Crippen LogP contribution in [0.2, 0.25) is 5.02 Å². The maximum absolute atomic E-state index is 14.8. The van der Waals surface area contributed by atoms with Gasteiger partial charge in [-0.2, -0.15) is 13.2 Å². The molecule has 1 amide bonds. The summed E-state index contributed by atoms with van der Waals surface area (Å²) in [5.41, 5.74) is -0.818. The zero-order valence-electron chi connectivity index (χ0n) is 37.1. The van der Waals surface area contributed by atoms with Crippen molar-refractivity contribution < 1.29 is 60.0 Å². The van der Waals surface area contributed by atoms with Gasteiger partial charge in [-0.1, -0.05) is 84.8 Å². The molecule has 4 atom stereocenters. The molecule has 0 aliphatic heterocycles. The number of benzene rings is 5. The summed E-state index contributed by atoms with van der Waals surface area (Å²) in [5, 5.41) is 26.0. The summed E-state index contributed by atoms with van der Waals surface area (Å²) in [5.74, 6) is -1.54. The molecule has 15 heteroatoms. The summed E-state index contributed by atoms with van der Waals surface area (Å²) in [6, 6.07) is 28.6. The normalized spacial score (nSPS) is 21.2. The van der Waals surface area contributed by atoms with Gasteiger partial charge in [-0.3, -0.25) is 4.79 Å². The summed E-state index contributed by atoms with van der Waals surface area (Å²) < 4.78 is 96.3. The number of carbonyl (C=O) groups excluding carboxylic acids is 2. The zero-order valence-corrected chi connectivity index (χ0v) is 37.9. The van der Waals surface area contributed by atoms with E-state index in [1.165, 1.54) is 29.2 Å². The molecular weight excluding hydrogens is 912 g/mol. The Morgan fingerprint density at radius 1 is 0.853 bits per heavy atom. The number of allylic oxidation sites excluding steroid dienone is 2. The molecule has 68 heavy (non-hydrogen) atoms. The lowest BCUT2D eigenvalue weighted by Crippen LogP contribution is -2.54. The van der Waals surface area contributed by atoms with E-state index in [-0.39, 0.29) is 59.4 Å². The van der Waals surface area contributed by atoms with E-state index in [1.807, 2.05) is 44.2 Å². The predicted molar refractivity (Wildman–Crippen MR) is 245 cm³/mol. The molecule has 9 rings (SSSR count). The van der Waals surface area contributed by atoms with E-state index >= 15 is 0 Å². The van der Waals surface area contributed by atoms with E-state index < -0.39 is 58.8 Å². The van der Waals surface area contributed by atoms with Gasteiger partial charge < -0.3 is 29.0 Å². The summed E-state index contributed by atoms with van der Waals surface area (Å²) in [6.07, 6.45) is -6.46. The third-order valence-electron chi connectivity index (χ3n) is 13.5. The lowest BCUT2D eigenvalue weighted by atomic mass is 9.64. The monoisotopic (exact) mass is 959 g/mol. The minimum atomic E-state index is -4.91. The topological polar surface area (TPSA) is 109 Å². The number of carbonyl (C=O) groups is 2. The molecule has 0 radical (unpaired) electrons. The highest BCUT2D eigenvalue weighted by Crippen LogP contribution is 2.59. The fraction of sp³-hybridized carbons (Fsp3) is 0.321. The molecule has 2 N–H and O–H groups in total. The molecule has 3 aliphatic carbocycles. The third-order valence-corrected chi connectivity index (χ3v) is 13.8. The van der Waals surface area contributed by atoms with Crippen molar-refractivity contribution in [1.82, 2.24) is 4.90 Å². The number of ether oxygens (including phenoxy) is 2. The average molecular weight is 960 g/mol. The van der Waals surface area contributed by atoms with Gasteiger partial charge in [-0.15, -0.1) is 13.2 Å². The number of fused-ring (bicyclic) bond motifs is 9. The first kappa shape index (κ1) is 48.4. The Morgan fingerprint density at radius 2 is 1.59 bits per heavy atom. The highest BCUT2D eigenvalue weighted by Gasteiger charge is 2.58. The van der Waals surface area contributed by atoms with Gasteiger partial charge >= 0.3 is 18.6 Å². The number of furan rings is 1. The molecule has 1 saturated carbocycles. The molecule has 3 aliphatic rings. The minimum absolute atomic E-state index is 0.0163. The molecule has 6 aromatic rings. The molecule has 0 saturated heterocycles. The summed E-state index contributed by atoms with van der Waals surface area (Å²) in [4.78, 5) is 30.5. The van der Waals surface area contributed by atoms with Crippen LogP contribution < -0.4 is 9.47 Å². The van der Waals surface area contributed by atoms with E-state index in [9.17, 15) is 46.1 Å². The van der Waals surface area contributed by atoms with Gasteiger partial charge in [0.05, 0.1) is 28.8 Å². The number of hydrogen-bond donors (Lipinski definition) is 2. The van der Waals surface area contributed by atoms with E-state index in [1.54, 1.807) is 30.3 Å². The number of aliphatic hydroxyl groups is 2. The number of amides is 1. The Labute approximate surface area is 393 Å². The largest absolute Gasteiger partial charge is 0.573 e. The van der Waals surface area contributed by atoms with Crippen LogP contribution in [0.4, 0.5) is 31.1 Å². The van der Waals surface area contributed by atoms with Crippen molar-refractivity contribution in [2.75, 3.05) is 6.54 Å². The molecule has 1 fully saturated rings. The van der Waals surface area contributed by atoms with Crippen molar-refractivity contribution in [2.45, 2.75) is 95.5 Å². The number of alkyl halides is 6. The summed E-state index contributed by atoms with van der Waals surface area (Å²) in [6.45, 7) is 3.45. The van der Waals surface area contributed by atoms with Gasteiger partial charge in [0.25, 0.3) is 0 Å². The number of halogens is 7. The van der Waals surface area contributed by atoms with Crippen molar-refractivity contribution in [2.24, 2.45) is 5.41 Å². The highest BCUT2D eigenvalue weighted by atomic mass is 35.5. The standard InChI is InChI=1S/C53H48ClF6NO7/c1-32-6-5-24-50(2)44(41-19-12-34(26-38(62)15-9-32)27-42(41)48(63)47-22-21-46(67-47)43-29-37(52(55,56)57)14-20-45(43)54)23-25-51(50,65)31-61(30-33-10-16-39(17-11-33)68-53(58,59)60)49(64)66-40-18-13-35-7-3-4-8-36(35)28-40/h3-4,6-8,10-14,16-22,27-29,38,44,62,65H,5,9,15,23-26,30-31H2,1-2H3. The Kier molecular flexibility index (Phi) is 13.6. The second-order valence-electron chi connectivity index (χ2n) is 18.1. The van der Waals surface area contributed by atoms with Crippen molar-refractivity contribution in [3.05, 3.63) is 166 Å². The highest BCUT2D eigenvalue weighted by molar-refractivity contribution is 6.33. The van der Waals surface area contributed by atoms with Crippen LogP contribution >= 0.6 is 11.6 Å². The molecule has 356 valence electrons. The van der Waals surface area contributed by atoms with Crippen molar-refractivity contribution in [3.63, 3.8) is 0 Å². The van der Waals surface area contributed by atoms with Crippen LogP contribution in [0.3, 0.4) is 0 Å². The summed E-state index contributed by atoms with van der Waals surface area (Å²) in [7, 11) is 0. The van der Waals surface area contributed by atoms with Crippen molar-refractivity contribution >= 4 is 34.2 Å². The second kappa shape index (κ2) is 19.1.